The van der Waals surface area contributed by atoms with Gasteiger partial charge >= 0.3 is 0 Å². The molecule has 1 unspecified atom stereocenters. The van der Waals surface area contributed by atoms with Crippen molar-refractivity contribution in [3.8, 4) is 0 Å². The normalized spacial score (nSPS) is 12.6. The van der Waals surface area contributed by atoms with E-state index in [4.69, 9.17) is 0 Å². The van der Waals surface area contributed by atoms with Crippen molar-refractivity contribution in [2.45, 2.75) is 45.8 Å². The summed E-state index contributed by atoms with van der Waals surface area (Å²) in [6, 6.07) is 8.40. The van der Waals surface area contributed by atoms with Crippen LogP contribution in [0, 0.1) is 6.92 Å². The zero-order valence-corrected chi connectivity index (χ0v) is 11.6. The highest BCUT2D eigenvalue weighted by Crippen LogP contribution is 2.18. The third-order valence-electron chi connectivity index (χ3n) is 3.21. The van der Waals surface area contributed by atoms with E-state index in [0.29, 0.717) is 6.42 Å². The summed E-state index contributed by atoms with van der Waals surface area (Å²) in [6.07, 6.45) is 3.71. The SMILES string of the molecule is CCCn1nncc1C(O)CCc1cccc(C)c1. The summed E-state index contributed by atoms with van der Waals surface area (Å²) in [4.78, 5) is 0. The van der Waals surface area contributed by atoms with Crippen LogP contribution in [0.3, 0.4) is 0 Å². The van der Waals surface area contributed by atoms with Gasteiger partial charge in [-0.2, -0.15) is 0 Å². The van der Waals surface area contributed by atoms with Gasteiger partial charge in [0, 0.05) is 6.54 Å². The number of rotatable bonds is 6. The van der Waals surface area contributed by atoms with Crippen molar-refractivity contribution in [3.05, 3.63) is 47.3 Å². The fourth-order valence-corrected chi connectivity index (χ4v) is 2.23. The van der Waals surface area contributed by atoms with Gasteiger partial charge in [0.15, 0.2) is 0 Å². The molecule has 0 spiro atoms. The molecule has 4 nitrogen and oxygen atoms in total. The largest absolute Gasteiger partial charge is 0.387 e. The van der Waals surface area contributed by atoms with E-state index in [2.05, 4.69) is 48.4 Å². The van der Waals surface area contributed by atoms with Crippen LogP contribution in [-0.4, -0.2) is 20.1 Å². The highest BCUT2D eigenvalue weighted by atomic mass is 16.3. The average Bonchev–Trinajstić information content (AvgIpc) is 2.85. The van der Waals surface area contributed by atoms with Crippen LogP contribution in [0.15, 0.2) is 30.5 Å². The molecule has 102 valence electrons. The number of aliphatic hydroxyl groups excluding tert-OH is 1. The van der Waals surface area contributed by atoms with Gasteiger partial charge < -0.3 is 5.11 Å². The molecule has 0 amide bonds. The van der Waals surface area contributed by atoms with Crippen LogP contribution in [0.5, 0.6) is 0 Å². The van der Waals surface area contributed by atoms with Crippen molar-refractivity contribution in [3.63, 3.8) is 0 Å². The first-order valence-electron chi connectivity index (χ1n) is 6.82. The smallest absolute Gasteiger partial charge is 0.0976 e. The Bertz CT molecular complexity index is 522. The molecule has 2 rings (SSSR count). The maximum absolute atomic E-state index is 10.2. The van der Waals surface area contributed by atoms with E-state index in [1.165, 1.54) is 11.1 Å². The molecule has 19 heavy (non-hydrogen) atoms. The minimum Gasteiger partial charge on any atom is -0.387 e. The van der Waals surface area contributed by atoms with Crippen LogP contribution in [0.1, 0.15) is 42.7 Å². The number of hydrogen-bond donors (Lipinski definition) is 1. The molecule has 4 heteroatoms. The first-order chi connectivity index (χ1) is 9.20. The maximum atomic E-state index is 10.2. The maximum Gasteiger partial charge on any atom is 0.0976 e. The Balaban J connectivity index is 1.97. The van der Waals surface area contributed by atoms with Crippen LogP contribution in [0.4, 0.5) is 0 Å². The molecular weight excluding hydrogens is 238 g/mol. The van der Waals surface area contributed by atoms with Crippen LogP contribution in [0.25, 0.3) is 0 Å². The predicted molar refractivity (Wildman–Crippen MR) is 74.8 cm³/mol. The molecule has 1 aromatic heterocycles. The van der Waals surface area contributed by atoms with E-state index in [1.807, 2.05) is 0 Å². The van der Waals surface area contributed by atoms with Gasteiger partial charge in [-0.15, -0.1) is 5.10 Å². The van der Waals surface area contributed by atoms with E-state index in [0.717, 1.165) is 25.1 Å². The molecule has 0 aliphatic carbocycles. The highest BCUT2D eigenvalue weighted by molar-refractivity contribution is 5.22. The van der Waals surface area contributed by atoms with Crippen molar-refractivity contribution >= 4 is 0 Å². The minimum atomic E-state index is -0.498. The molecule has 0 aliphatic heterocycles. The Morgan fingerprint density at radius 1 is 1.37 bits per heavy atom. The molecule has 1 N–H and O–H groups in total. The summed E-state index contributed by atoms with van der Waals surface area (Å²) in [6.45, 7) is 4.97. The summed E-state index contributed by atoms with van der Waals surface area (Å²) >= 11 is 0. The second-order valence-corrected chi connectivity index (χ2v) is 4.93. The van der Waals surface area contributed by atoms with Crippen molar-refractivity contribution in [1.82, 2.24) is 15.0 Å². The van der Waals surface area contributed by atoms with Crippen molar-refractivity contribution in [2.24, 2.45) is 0 Å². The zero-order chi connectivity index (χ0) is 13.7. The standard InChI is InChI=1S/C15H21N3O/c1-3-9-18-14(11-16-17-18)15(19)8-7-13-6-4-5-12(2)10-13/h4-6,10-11,15,19H,3,7-9H2,1-2H3. The first-order valence-corrected chi connectivity index (χ1v) is 6.82. The van der Waals surface area contributed by atoms with Gasteiger partial charge in [-0.1, -0.05) is 42.0 Å². The van der Waals surface area contributed by atoms with Gasteiger partial charge in [-0.05, 0) is 31.7 Å². The Hall–Kier alpha value is -1.68. The third kappa shape index (κ3) is 3.64. The lowest BCUT2D eigenvalue weighted by Gasteiger charge is -2.12. The van der Waals surface area contributed by atoms with Crippen molar-refractivity contribution in [2.75, 3.05) is 0 Å². The van der Waals surface area contributed by atoms with Crippen LogP contribution >= 0.6 is 0 Å². The average molecular weight is 259 g/mol. The van der Waals surface area contributed by atoms with E-state index in [-0.39, 0.29) is 0 Å². The second kappa shape index (κ2) is 6.48. The molecular formula is C15H21N3O. The monoisotopic (exact) mass is 259 g/mol. The molecule has 2 aromatic rings. The molecule has 0 fully saturated rings. The van der Waals surface area contributed by atoms with E-state index in [1.54, 1.807) is 10.9 Å². The number of benzene rings is 1. The Morgan fingerprint density at radius 3 is 2.95 bits per heavy atom. The molecule has 0 saturated heterocycles. The van der Waals surface area contributed by atoms with Gasteiger partial charge in [0.05, 0.1) is 18.0 Å². The van der Waals surface area contributed by atoms with E-state index >= 15 is 0 Å². The van der Waals surface area contributed by atoms with E-state index < -0.39 is 6.10 Å². The topological polar surface area (TPSA) is 50.9 Å². The lowest BCUT2D eigenvalue weighted by Crippen LogP contribution is -2.10. The minimum absolute atomic E-state index is 0.498. The summed E-state index contributed by atoms with van der Waals surface area (Å²) in [5.74, 6) is 0. The molecule has 0 radical (unpaired) electrons. The lowest BCUT2D eigenvalue weighted by molar-refractivity contribution is 0.156. The second-order valence-electron chi connectivity index (χ2n) is 4.93. The Kier molecular flexibility index (Phi) is 4.68. The fraction of sp³-hybridized carbons (Fsp3) is 0.467. The van der Waals surface area contributed by atoms with Gasteiger partial charge in [-0.3, -0.25) is 0 Å². The van der Waals surface area contributed by atoms with Gasteiger partial charge in [0.1, 0.15) is 0 Å². The third-order valence-corrected chi connectivity index (χ3v) is 3.21. The number of aromatic nitrogens is 3. The van der Waals surface area contributed by atoms with Crippen molar-refractivity contribution in [1.29, 1.82) is 0 Å². The van der Waals surface area contributed by atoms with E-state index in [9.17, 15) is 5.11 Å². The molecule has 1 aromatic carbocycles. The zero-order valence-electron chi connectivity index (χ0n) is 11.6. The highest BCUT2D eigenvalue weighted by Gasteiger charge is 2.13. The summed E-state index contributed by atoms with van der Waals surface area (Å²) in [5, 5.41) is 18.1. The van der Waals surface area contributed by atoms with Crippen LogP contribution < -0.4 is 0 Å². The number of hydrogen-bond acceptors (Lipinski definition) is 3. The van der Waals surface area contributed by atoms with Gasteiger partial charge in [0.2, 0.25) is 0 Å². The first kappa shape index (κ1) is 13.7. The summed E-state index contributed by atoms with van der Waals surface area (Å²) in [5.41, 5.74) is 3.33. The summed E-state index contributed by atoms with van der Waals surface area (Å²) < 4.78 is 1.79. The van der Waals surface area contributed by atoms with Crippen LogP contribution in [0.2, 0.25) is 0 Å². The summed E-state index contributed by atoms with van der Waals surface area (Å²) in [7, 11) is 0. The fourth-order valence-electron chi connectivity index (χ4n) is 2.23. The molecule has 0 aliphatic rings. The molecule has 1 heterocycles. The number of aryl methyl sites for hydroxylation is 3. The van der Waals surface area contributed by atoms with Crippen LogP contribution in [-0.2, 0) is 13.0 Å². The number of aliphatic hydroxyl groups is 1. The quantitative estimate of drug-likeness (QED) is 0.867. The lowest BCUT2D eigenvalue weighted by atomic mass is 10.0. The number of nitrogens with zero attached hydrogens (tertiary/aromatic N) is 3. The Morgan fingerprint density at radius 2 is 2.21 bits per heavy atom. The predicted octanol–water partition coefficient (Wildman–Crippen LogP) is 2.66. The van der Waals surface area contributed by atoms with Gasteiger partial charge in [-0.25, -0.2) is 4.68 Å². The molecule has 1 atom stereocenters. The van der Waals surface area contributed by atoms with Gasteiger partial charge in [0.25, 0.3) is 0 Å². The molecule has 0 saturated carbocycles. The van der Waals surface area contributed by atoms with Crippen molar-refractivity contribution < 1.29 is 5.11 Å². The Labute approximate surface area is 114 Å². The molecule has 0 bridgehead atoms.